The molecule has 1 fully saturated rings. The van der Waals surface area contributed by atoms with E-state index in [1.807, 2.05) is 6.92 Å². The van der Waals surface area contributed by atoms with Crippen LogP contribution in [0.5, 0.6) is 0 Å². The van der Waals surface area contributed by atoms with Crippen LogP contribution in [-0.2, 0) is 22.3 Å². The lowest BCUT2D eigenvalue weighted by Gasteiger charge is -2.31. The van der Waals surface area contributed by atoms with Crippen molar-refractivity contribution in [3.63, 3.8) is 0 Å². The first kappa shape index (κ1) is 12.6. The Kier molecular flexibility index (Phi) is 2.61. The molecular formula is C15H18N2O2S. The highest BCUT2D eigenvalue weighted by Crippen LogP contribution is 2.44. The van der Waals surface area contributed by atoms with E-state index in [4.69, 9.17) is 20.2 Å². The highest BCUT2D eigenvalue weighted by molar-refractivity contribution is 7.19. The van der Waals surface area contributed by atoms with Gasteiger partial charge in [0.25, 0.3) is 0 Å². The SMILES string of the molecule is Cc1nc2sc3c(c2c(N)c1C)CCC1(C3)OCCO1. The lowest BCUT2D eigenvalue weighted by molar-refractivity contribution is -0.163. The summed E-state index contributed by atoms with van der Waals surface area (Å²) >= 11 is 1.75. The van der Waals surface area contributed by atoms with E-state index in [1.165, 1.54) is 15.8 Å². The van der Waals surface area contributed by atoms with Crippen LogP contribution < -0.4 is 5.73 Å². The molecule has 4 rings (SSSR count). The Morgan fingerprint density at radius 2 is 2.00 bits per heavy atom. The predicted octanol–water partition coefficient (Wildman–Crippen LogP) is 2.73. The number of pyridine rings is 1. The van der Waals surface area contributed by atoms with Crippen molar-refractivity contribution < 1.29 is 9.47 Å². The van der Waals surface area contributed by atoms with Crippen molar-refractivity contribution in [3.05, 3.63) is 21.7 Å². The Bertz CT molecular complexity index is 702. The van der Waals surface area contributed by atoms with E-state index in [1.54, 1.807) is 11.3 Å². The first-order valence-corrected chi connectivity index (χ1v) is 7.86. The number of nitrogen functional groups attached to an aromatic ring is 1. The number of anilines is 1. The molecule has 1 aliphatic carbocycles. The van der Waals surface area contributed by atoms with E-state index in [2.05, 4.69) is 6.92 Å². The fourth-order valence-corrected chi connectivity index (χ4v) is 4.64. The van der Waals surface area contributed by atoms with Gasteiger partial charge in [0.2, 0.25) is 0 Å². The normalized spacial score (nSPS) is 20.7. The average molecular weight is 290 g/mol. The van der Waals surface area contributed by atoms with Crippen molar-refractivity contribution in [3.8, 4) is 0 Å². The standard InChI is InChI=1S/C15H18N2O2S/c1-8-9(2)17-14-12(13(8)16)10-3-4-15(7-11(10)20-14)18-5-6-19-15/h3-7H2,1-2H3,(H2,16,17). The molecule has 2 N–H and O–H groups in total. The van der Waals surface area contributed by atoms with Gasteiger partial charge in [-0.15, -0.1) is 11.3 Å². The Hall–Kier alpha value is -1.17. The van der Waals surface area contributed by atoms with Gasteiger partial charge in [0, 0.05) is 34.5 Å². The van der Waals surface area contributed by atoms with Gasteiger partial charge in [-0.05, 0) is 31.4 Å². The molecule has 5 heteroatoms. The lowest BCUT2D eigenvalue weighted by atomic mass is 9.91. The number of fused-ring (bicyclic) bond motifs is 3. The van der Waals surface area contributed by atoms with Crippen molar-refractivity contribution in [1.82, 2.24) is 4.98 Å². The van der Waals surface area contributed by atoms with Crippen LogP contribution in [-0.4, -0.2) is 24.0 Å². The van der Waals surface area contributed by atoms with Crippen LogP contribution in [0.4, 0.5) is 5.69 Å². The zero-order chi connectivity index (χ0) is 13.9. The minimum atomic E-state index is -0.382. The minimum absolute atomic E-state index is 0.382. The zero-order valence-electron chi connectivity index (χ0n) is 11.8. The van der Waals surface area contributed by atoms with E-state index >= 15 is 0 Å². The Labute approximate surface area is 121 Å². The van der Waals surface area contributed by atoms with Gasteiger partial charge in [-0.3, -0.25) is 0 Å². The number of aromatic nitrogens is 1. The van der Waals surface area contributed by atoms with E-state index in [9.17, 15) is 0 Å². The number of nitrogens with zero attached hydrogens (tertiary/aromatic N) is 1. The van der Waals surface area contributed by atoms with Gasteiger partial charge in [-0.25, -0.2) is 4.98 Å². The molecule has 1 aliphatic heterocycles. The molecular weight excluding hydrogens is 272 g/mol. The number of nitrogens with two attached hydrogens (primary N) is 1. The maximum absolute atomic E-state index is 6.34. The number of hydrogen-bond acceptors (Lipinski definition) is 5. The summed E-state index contributed by atoms with van der Waals surface area (Å²) in [6.07, 6.45) is 2.71. The number of aryl methyl sites for hydroxylation is 2. The Morgan fingerprint density at radius 1 is 1.25 bits per heavy atom. The minimum Gasteiger partial charge on any atom is -0.398 e. The smallest absolute Gasteiger partial charge is 0.173 e. The predicted molar refractivity (Wildman–Crippen MR) is 80.2 cm³/mol. The van der Waals surface area contributed by atoms with Gasteiger partial charge in [0.1, 0.15) is 4.83 Å². The summed E-state index contributed by atoms with van der Waals surface area (Å²) < 4.78 is 11.7. The van der Waals surface area contributed by atoms with Crippen molar-refractivity contribution in [1.29, 1.82) is 0 Å². The summed E-state index contributed by atoms with van der Waals surface area (Å²) in [5.74, 6) is -0.382. The molecule has 2 aliphatic rings. The second-order valence-electron chi connectivity index (χ2n) is 5.70. The molecule has 0 unspecified atom stereocenters. The third-order valence-electron chi connectivity index (χ3n) is 4.56. The van der Waals surface area contributed by atoms with E-state index in [0.717, 1.165) is 41.0 Å². The highest BCUT2D eigenvalue weighted by Gasteiger charge is 2.41. The van der Waals surface area contributed by atoms with Crippen LogP contribution in [0, 0.1) is 13.8 Å². The molecule has 1 spiro atoms. The number of thiophene rings is 1. The molecule has 3 heterocycles. The van der Waals surface area contributed by atoms with Crippen LogP contribution in [0.15, 0.2) is 0 Å². The molecule has 0 atom stereocenters. The van der Waals surface area contributed by atoms with Crippen molar-refractivity contribution in [2.75, 3.05) is 18.9 Å². The van der Waals surface area contributed by atoms with Gasteiger partial charge < -0.3 is 15.2 Å². The fourth-order valence-electron chi connectivity index (χ4n) is 3.27. The Balaban J connectivity index is 1.89. The molecule has 106 valence electrons. The second-order valence-corrected chi connectivity index (χ2v) is 6.79. The van der Waals surface area contributed by atoms with E-state index in [0.29, 0.717) is 13.2 Å². The van der Waals surface area contributed by atoms with Crippen LogP contribution in [0.1, 0.15) is 28.1 Å². The topological polar surface area (TPSA) is 57.4 Å². The van der Waals surface area contributed by atoms with Gasteiger partial charge in [-0.2, -0.15) is 0 Å². The van der Waals surface area contributed by atoms with Gasteiger partial charge in [0.15, 0.2) is 5.79 Å². The maximum atomic E-state index is 6.34. The largest absolute Gasteiger partial charge is 0.398 e. The maximum Gasteiger partial charge on any atom is 0.173 e. The molecule has 0 bridgehead atoms. The zero-order valence-corrected chi connectivity index (χ0v) is 12.6. The third-order valence-corrected chi connectivity index (χ3v) is 5.68. The van der Waals surface area contributed by atoms with Crippen LogP contribution in [0.25, 0.3) is 10.2 Å². The molecule has 1 saturated heterocycles. The van der Waals surface area contributed by atoms with Gasteiger partial charge in [0.05, 0.1) is 13.2 Å². The van der Waals surface area contributed by atoms with Gasteiger partial charge in [-0.1, -0.05) is 0 Å². The summed E-state index contributed by atoms with van der Waals surface area (Å²) in [5, 5.41) is 1.17. The first-order valence-electron chi connectivity index (χ1n) is 7.04. The Morgan fingerprint density at radius 3 is 2.75 bits per heavy atom. The molecule has 4 nitrogen and oxygen atoms in total. The van der Waals surface area contributed by atoms with Crippen LogP contribution in [0.2, 0.25) is 0 Å². The molecule has 0 radical (unpaired) electrons. The van der Waals surface area contributed by atoms with Gasteiger partial charge >= 0.3 is 0 Å². The number of ether oxygens (including phenoxy) is 2. The summed E-state index contributed by atoms with van der Waals surface area (Å²) in [6.45, 7) is 5.49. The number of hydrogen-bond donors (Lipinski definition) is 1. The summed E-state index contributed by atoms with van der Waals surface area (Å²) in [7, 11) is 0. The van der Waals surface area contributed by atoms with Crippen LogP contribution >= 0.6 is 11.3 Å². The van der Waals surface area contributed by atoms with E-state index in [-0.39, 0.29) is 5.79 Å². The average Bonchev–Trinajstić information content (AvgIpc) is 3.00. The monoisotopic (exact) mass is 290 g/mol. The number of rotatable bonds is 0. The molecule has 2 aromatic heterocycles. The summed E-state index contributed by atoms with van der Waals surface area (Å²) in [4.78, 5) is 7.10. The highest BCUT2D eigenvalue weighted by atomic mass is 32.1. The fraction of sp³-hybridized carbons (Fsp3) is 0.533. The molecule has 0 aromatic carbocycles. The first-order chi connectivity index (χ1) is 9.60. The summed E-state index contributed by atoms with van der Waals surface area (Å²) in [6, 6.07) is 0. The van der Waals surface area contributed by atoms with Crippen molar-refractivity contribution in [2.24, 2.45) is 0 Å². The quantitative estimate of drug-likeness (QED) is 0.810. The van der Waals surface area contributed by atoms with E-state index < -0.39 is 0 Å². The third kappa shape index (κ3) is 1.63. The van der Waals surface area contributed by atoms with Crippen molar-refractivity contribution in [2.45, 2.75) is 38.9 Å². The second kappa shape index (κ2) is 4.16. The lowest BCUT2D eigenvalue weighted by Crippen LogP contribution is -2.36. The van der Waals surface area contributed by atoms with Crippen LogP contribution in [0.3, 0.4) is 0 Å². The summed E-state index contributed by atoms with van der Waals surface area (Å²) in [5.41, 5.74) is 10.7. The molecule has 20 heavy (non-hydrogen) atoms. The molecule has 0 amide bonds. The molecule has 0 saturated carbocycles. The molecule has 2 aromatic rings. The van der Waals surface area contributed by atoms with Crippen molar-refractivity contribution >= 4 is 27.2 Å².